The molecule has 1 atom stereocenters. The maximum absolute atomic E-state index is 11.6. The summed E-state index contributed by atoms with van der Waals surface area (Å²) in [5.41, 5.74) is 4.16. The Morgan fingerprint density at radius 3 is 2.89 bits per heavy atom. The maximum atomic E-state index is 11.6. The minimum Gasteiger partial charge on any atom is -0.490 e. The minimum atomic E-state index is -0.284. The molecule has 1 heterocycles. The number of carbonyl (C=O) groups excluding carboxylic acids is 1. The minimum absolute atomic E-state index is 0.0313. The first-order valence-corrected chi connectivity index (χ1v) is 11.9. The molecule has 1 aliphatic carbocycles. The molecule has 0 amide bonds. The predicted molar refractivity (Wildman–Crippen MR) is 133 cm³/mol. The molecule has 0 spiro atoms. The number of nitriles is 1. The van der Waals surface area contributed by atoms with Crippen molar-refractivity contribution in [3.63, 3.8) is 0 Å². The number of ether oxygens (including phenoxy) is 1. The molecule has 182 valence electrons. The highest BCUT2D eigenvalue weighted by Gasteiger charge is 2.40. The number of hydrogen-bond acceptors (Lipinski definition) is 7. The molecule has 0 bridgehead atoms. The highest BCUT2D eigenvalue weighted by Crippen LogP contribution is 2.45. The summed E-state index contributed by atoms with van der Waals surface area (Å²) in [6.07, 6.45) is 4.81. The van der Waals surface area contributed by atoms with E-state index in [0.717, 1.165) is 30.3 Å². The summed E-state index contributed by atoms with van der Waals surface area (Å²) in [6.45, 7) is 5.18. The van der Waals surface area contributed by atoms with Gasteiger partial charge in [0.05, 0.1) is 24.5 Å². The van der Waals surface area contributed by atoms with Gasteiger partial charge in [-0.15, -0.1) is 0 Å². The van der Waals surface area contributed by atoms with E-state index in [1.54, 1.807) is 18.3 Å². The van der Waals surface area contributed by atoms with Gasteiger partial charge in [0.25, 0.3) is 0 Å². The van der Waals surface area contributed by atoms with Crippen molar-refractivity contribution in [1.29, 1.82) is 5.26 Å². The van der Waals surface area contributed by atoms with Crippen LogP contribution in [0.5, 0.6) is 5.75 Å². The van der Waals surface area contributed by atoms with Crippen LogP contribution >= 0.6 is 0 Å². The maximum Gasteiger partial charge on any atom is 0.226 e. The molecule has 3 aromatic rings. The van der Waals surface area contributed by atoms with Crippen molar-refractivity contribution in [2.24, 2.45) is 0 Å². The Morgan fingerprint density at radius 1 is 1.34 bits per heavy atom. The zero-order chi connectivity index (χ0) is 25.0. The number of aldehydes is 1. The van der Waals surface area contributed by atoms with E-state index in [9.17, 15) is 15.2 Å². The zero-order valence-electron chi connectivity index (χ0n) is 20.5. The second-order valence-corrected chi connectivity index (χ2v) is 9.46. The highest BCUT2D eigenvalue weighted by atomic mass is 16.5. The van der Waals surface area contributed by atoms with Crippen LogP contribution in [0, 0.1) is 11.3 Å². The Balaban J connectivity index is 1.68. The number of oxazole rings is 1. The number of aliphatic hydroxyl groups excluding tert-OH is 1. The normalized spacial score (nSPS) is 16.9. The molecule has 35 heavy (non-hydrogen) atoms. The number of rotatable bonds is 10. The van der Waals surface area contributed by atoms with E-state index in [0.29, 0.717) is 48.0 Å². The van der Waals surface area contributed by atoms with Crippen LogP contribution in [-0.4, -0.2) is 54.1 Å². The number of aromatic nitrogens is 1. The van der Waals surface area contributed by atoms with E-state index in [2.05, 4.69) is 22.0 Å². The van der Waals surface area contributed by atoms with Gasteiger partial charge < -0.3 is 24.0 Å². The first-order valence-electron chi connectivity index (χ1n) is 11.9. The Bertz CT molecular complexity index is 1240. The molecule has 1 N–H and O–H groups in total. The molecule has 0 fully saturated rings. The molecule has 7 nitrogen and oxygen atoms in total. The Morgan fingerprint density at radius 2 is 2.17 bits per heavy atom. The third-order valence-corrected chi connectivity index (χ3v) is 6.61. The van der Waals surface area contributed by atoms with Gasteiger partial charge in [0.1, 0.15) is 18.1 Å². The van der Waals surface area contributed by atoms with Crippen molar-refractivity contribution >= 4 is 6.29 Å². The van der Waals surface area contributed by atoms with Crippen molar-refractivity contribution in [2.45, 2.75) is 44.6 Å². The fraction of sp³-hybridized carbons (Fsp3) is 0.393. The lowest BCUT2D eigenvalue weighted by atomic mass is 9.78. The number of nitrogens with zero attached hydrogens (tertiary/aromatic N) is 3. The van der Waals surface area contributed by atoms with Crippen molar-refractivity contribution in [3.05, 3.63) is 59.3 Å². The topological polar surface area (TPSA) is 99.6 Å². The summed E-state index contributed by atoms with van der Waals surface area (Å²) in [7, 11) is 1.97. The molecule has 7 heteroatoms. The van der Waals surface area contributed by atoms with Crippen molar-refractivity contribution in [2.75, 3.05) is 26.7 Å². The van der Waals surface area contributed by atoms with Gasteiger partial charge >= 0.3 is 0 Å². The van der Waals surface area contributed by atoms with Crippen LogP contribution in [0.25, 0.3) is 22.8 Å². The van der Waals surface area contributed by atoms with Gasteiger partial charge in [0.15, 0.2) is 5.76 Å². The number of likely N-dealkylation sites (N-methyl/N-ethyl adjacent to an activating group) is 1. The van der Waals surface area contributed by atoms with E-state index in [1.165, 1.54) is 5.56 Å². The van der Waals surface area contributed by atoms with Gasteiger partial charge in [-0.1, -0.05) is 18.2 Å². The second kappa shape index (κ2) is 10.4. The molecule has 0 aliphatic heterocycles. The van der Waals surface area contributed by atoms with Crippen molar-refractivity contribution < 1.29 is 19.1 Å². The quantitative estimate of drug-likeness (QED) is 0.437. The van der Waals surface area contributed by atoms with Crippen LogP contribution < -0.4 is 4.74 Å². The zero-order valence-corrected chi connectivity index (χ0v) is 20.5. The second-order valence-electron chi connectivity index (χ2n) is 9.46. The molecule has 2 aromatic carbocycles. The number of aliphatic hydroxyl groups is 1. The summed E-state index contributed by atoms with van der Waals surface area (Å²) >= 11 is 0. The summed E-state index contributed by atoms with van der Waals surface area (Å²) < 4.78 is 11.9. The van der Waals surface area contributed by atoms with Crippen LogP contribution in [0.2, 0.25) is 0 Å². The van der Waals surface area contributed by atoms with E-state index >= 15 is 0 Å². The average molecular weight is 474 g/mol. The standard InChI is InChI=1S/C28H31N3O4/c1-19(2)34-25-8-7-20(15-21(25)16-29)27-30-17-26(35-27)23-5-4-6-24-22(23)9-10-28(24,11-13-32)18-31(3)12-14-33/h4-8,13,15,17,19,33H,9-12,14,18H2,1-3H3. The molecule has 0 saturated carbocycles. The summed E-state index contributed by atoms with van der Waals surface area (Å²) in [5, 5.41) is 18.9. The third-order valence-electron chi connectivity index (χ3n) is 6.61. The molecule has 1 unspecified atom stereocenters. The molecule has 0 radical (unpaired) electrons. The molecule has 1 aliphatic rings. The number of benzene rings is 2. The molecule has 0 saturated heterocycles. The lowest BCUT2D eigenvalue weighted by Gasteiger charge is -2.33. The molecular weight excluding hydrogens is 442 g/mol. The van der Waals surface area contributed by atoms with Crippen LogP contribution in [0.4, 0.5) is 0 Å². The van der Waals surface area contributed by atoms with E-state index < -0.39 is 0 Å². The summed E-state index contributed by atoms with van der Waals surface area (Å²) in [5.74, 6) is 1.63. The first-order chi connectivity index (χ1) is 16.9. The largest absolute Gasteiger partial charge is 0.490 e. The van der Waals surface area contributed by atoms with Crippen LogP contribution in [0.15, 0.2) is 47.0 Å². The van der Waals surface area contributed by atoms with Gasteiger partial charge in [-0.3, -0.25) is 0 Å². The van der Waals surface area contributed by atoms with E-state index in [-0.39, 0.29) is 18.1 Å². The van der Waals surface area contributed by atoms with E-state index in [4.69, 9.17) is 9.15 Å². The molecule has 1 aromatic heterocycles. The summed E-state index contributed by atoms with van der Waals surface area (Å²) in [4.78, 5) is 18.2. The highest BCUT2D eigenvalue weighted by molar-refractivity contribution is 5.69. The number of carbonyl (C=O) groups is 1. The molecular formula is C28H31N3O4. The Kier molecular flexibility index (Phi) is 7.34. The van der Waals surface area contributed by atoms with Crippen LogP contribution in [0.1, 0.15) is 43.4 Å². The number of hydrogen-bond donors (Lipinski definition) is 1. The van der Waals surface area contributed by atoms with Crippen LogP contribution in [-0.2, 0) is 16.6 Å². The fourth-order valence-electron chi connectivity index (χ4n) is 5.09. The van der Waals surface area contributed by atoms with Crippen LogP contribution in [0.3, 0.4) is 0 Å². The predicted octanol–water partition coefficient (Wildman–Crippen LogP) is 4.36. The van der Waals surface area contributed by atoms with Gasteiger partial charge in [0, 0.05) is 36.1 Å². The van der Waals surface area contributed by atoms with Gasteiger partial charge in [-0.25, -0.2) is 4.98 Å². The van der Waals surface area contributed by atoms with E-state index in [1.807, 2.05) is 39.1 Å². The summed E-state index contributed by atoms with van der Waals surface area (Å²) in [6, 6.07) is 13.7. The van der Waals surface area contributed by atoms with Gasteiger partial charge in [-0.2, -0.15) is 5.26 Å². The lowest BCUT2D eigenvalue weighted by Crippen LogP contribution is -2.39. The van der Waals surface area contributed by atoms with Gasteiger partial charge in [0.2, 0.25) is 5.89 Å². The first kappa shape index (κ1) is 24.6. The Hall–Kier alpha value is -3.47. The van der Waals surface area contributed by atoms with Crippen molar-refractivity contribution in [3.8, 4) is 34.6 Å². The fourth-order valence-corrected chi connectivity index (χ4v) is 5.09. The van der Waals surface area contributed by atoms with Gasteiger partial charge in [-0.05, 0) is 63.1 Å². The SMILES string of the molecule is CC(C)Oc1ccc(-c2ncc(-c3cccc4c3CCC4(CC=O)CN(C)CCO)o2)cc1C#N. The monoisotopic (exact) mass is 473 g/mol. The smallest absolute Gasteiger partial charge is 0.226 e. The lowest BCUT2D eigenvalue weighted by molar-refractivity contribution is -0.109. The number of fused-ring (bicyclic) bond motifs is 1. The third kappa shape index (κ3) is 5.00. The van der Waals surface area contributed by atoms with Crippen molar-refractivity contribution in [1.82, 2.24) is 9.88 Å². The molecule has 4 rings (SSSR count). The average Bonchev–Trinajstić information content (AvgIpc) is 3.45. The Labute approximate surface area is 206 Å².